The third-order valence-electron chi connectivity index (χ3n) is 2.45. The fourth-order valence-corrected chi connectivity index (χ4v) is 2.50. The average Bonchev–Trinajstić information content (AvgIpc) is 2.69. The van der Waals surface area contributed by atoms with Gasteiger partial charge in [-0.15, -0.1) is 11.3 Å². The Morgan fingerprint density at radius 2 is 2.00 bits per heavy atom. The van der Waals surface area contributed by atoms with Crippen LogP contribution in [0.25, 0.3) is 0 Å². The minimum absolute atomic E-state index is 0.0609. The van der Waals surface area contributed by atoms with Crippen molar-refractivity contribution in [1.29, 1.82) is 0 Å². The van der Waals surface area contributed by atoms with Gasteiger partial charge in [-0.3, -0.25) is 14.4 Å². The van der Waals surface area contributed by atoms with Crippen LogP contribution in [0.3, 0.4) is 0 Å². The third kappa shape index (κ3) is 5.00. The van der Waals surface area contributed by atoms with Crippen LogP contribution in [0.4, 0.5) is 5.00 Å². The monoisotopic (exact) mass is 298 g/mol. The van der Waals surface area contributed by atoms with Gasteiger partial charge in [0.15, 0.2) is 0 Å². The summed E-state index contributed by atoms with van der Waals surface area (Å²) in [6.07, 6.45) is 1.000. The number of amides is 2. The molecule has 0 atom stereocenters. The standard InChI is InChI=1S/C13H18N2O4S/c1-3-4-10(16)15-13-9(7-8(2)20-13)12(19)14-6-5-11(17)18/h7H,3-6H2,1-2H3,(H,14,19)(H,15,16)(H,17,18). The summed E-state index contributed by atoms with van der Waals surface area (Å²) in [7, 11) is 0. The molecule has 0 aliphatic carbocycles. The number of thiophene rings is 1. The van der Waals surface area contributed by atoms with Gasteiger partial charge in [-0.05, 0) is 19.4 Å². The quantitative estimate of drug-likeness (QED) is 0.717. The Kier molecular flexibility index (Phi) is 6.17. The zero-order valence-corrected chi connectivity index (χ0v) is 12.3. The van der Waals surface area contributed by atoms with Crippen LogP contribution in [0.5, 0.6) is 0 Å². The highest BCUT2D eigenvalue weighted by atomic mass is 32.1. The van der Waals surface area contributed by atoms with E-state index in [1.165, 1.54) is 11.3 Å². The Balaban J connectivity index is 2.71. The Bertz CT molecular complexity index is 510. The van der Waals surface area contributed by atoms with Crippen LogP contribution >= 0.6 is 11.3 Å². The molecule has 0 aliphatic heterocycles. The molecular formula is C13H18N2O4S. The van der Waals surface area contributed by atoms with Crippen molar-refractivity contribution in [2.75, 3.05) is 11.9 Å². The molecule has 0 saturated heterocycles. The molecule has 1 rings (SSSR count). The Labute approximate surface area is 121 Å². The molecule has 110 valence electrons. The van der Waals surface area contributed by atoms with E-state index in [0.717, 1.165) is 11.3 Å². The molecule has 1 heterocycles. The fraction of sp³-hybridized carbons (Fsp3) is 0.462. The minimum atomic E-state index is -0.969. The number of carboxylic acid groups (broad SMARTS) is 1. The number of aryl methyl sites for hydroxylation is 1. The maximum absolute atomic E-state index is 12.0. The van der Waals surface area contributed by atoms with E-state index >= 15 is 0 Å². The molecule has 2 amide bonds. The summed E-state index contributed by atoms with van der Waals surface area (Å²) in [6, 6.07) is 1.68. The second-order valence-electron chi connectivity index (χ2n) is 4.30. The summed E-state index contributed by atoms with van der Waals surface area (Å²) in [5.74, 6) is -1.47. The average molecular weight is 298 g/mol. The first-order valence-electron chi connectivity index (χ1n) is 6.34. The second kappa shape index (κ2) is 7.64. The summed E-state index contributed by atoms with van der Waals surface area (Å²) in [4.78, 5) is 34.8. The number of hydrogen-bond acceptors (Lipinski definition) is 4. The lowest BCUT2D eigenvalue weighted by atomic mass is 10.2. The summed E-state index contributed by atoms with van der Waals surface area (Å²) in [6.45, 7) is 3.80. The van der Waals surface area contributed by atoms with E-state index in [-0.39, 0.29) is 24.8 Å². The number of carbonyl (C=O) groups is 3. The number of aliphatic carboxylic acids is 1. The zero-order chi connectivity index (χ0) is 15.1. The molecular weight excluding hydrogens is 280 g/mol. The van der Waals surface area contributed by atoms with E-state index in [2.05, 4.69) is 10.6 Å². The molecule has 1 aromatic heterocycles. The van der Waals surface area contributed by atoms with Gasteiger partial charge in [0.1, 0.15) is 5.00 Å². The van der Waals surface area contributed by atoms with Crippen molar-refractivity contribution in [3.8, 4) is 0 Å². The molecule has 20 heavy (non-hydrogen) atoms. The number of nitrogens with one attached hydrogen (secondary N) is 2. The topological polar surface area (TPSA) is 95.5 Å². The highest BCUT2D eigenvalue weighted by molar-refractivity contribution is 7.16. The van der Waals surface area contributed by atoms with Crippen LogP contribution in [0.1, 0.15) is 41.4 Å². The molecule has 0 unspecified atom stereocenters. The second-order valence-corrected chi connectivity index (χ2v) is 5.55. The van der Waals surface area contributed by atoms with Crippen molar-refractivity contribution in [1.82, 2.24) is 5.32 Å². The van der Waals surface area contributed by atoms with E-state index in [1.54, 1.807) is 6.07 Å². The van der Waals surface area contributed by atoms with E-state index < -0.39 is 5.97 Å². The first-order valence-corrected chi connectivity index (χ1v) is 7.16. The van der Waals surface area contributed by atoms with Gasteiger partial charge < -0.3 is 15.7 Å². The predicted molar refractivity (Wildman–Crippen MR) is 77.2 cm³/mol. The number of rotatable bonds is 7. The zero-order valence-electron chi connectivity index (χ0n) is 11.5. The first-order chi connectivity index (χ1) is 9.43. The lowest BCUT2D eigenvalue weighted by molar-refractivity contribution is -0.136. The van der Waals surface area contributed by atoms with Gasteiger partial charge in [0.2, 0.25) is 5.91 Å². The molecule has 0 fully saturated rings. The highest BCUT2D eigenvalue weighted by Crippen LogP contribution is 2.27. The summed E-state index contributed by atoms with van der Waals surface area (Å²) >= 11 is 1.33. The number of carbonyl (C=O) groups excluding carboxylic acids is 2. The molecule has 3 N–H and O–H groups in total. The largest absolute Gasteiger partial charge is 0.481 e. The predicted octanol–water partition coefficient (Wildman–Crippen LogP) is 2.00. The molecule has 0 spiro atoms. The normalized spacial score (nSPS) is 10.1. The maximum atomic E-state index is 12.0. The van der Waals surface area contributed by atoms with Crippen LogP contribution in [0.2, 0.25) is 0 Å². The Morgan fingerprint density at radius 1 is 1.30 bits per heavy atom. The highest BCUT2D eigenvalue weighted by Gasteiger charge is 2.16. The van der Waals surface area contributed by atoms with Crippen molar-refractivity contribution in [3.63, 3.8) is 0 Å². The molecule has 0 radical (unpaired) electrons. The molecule has 0 aliphatic rings. The van der Waals surface area contributed by atoms with Gasteiger partial charge in [-0.1, -0.05) is 6.92 Å². The lowest BCUT2D eigenvalue weighted by Gasteiger charge is -2.06. The van der Waals surface area contributed by atoms with Gasteiger partial charge in [-0.25, -0.2) is 0 Å². The fourth-order valence-electron chi connectivity index (χ4n) is 1.57. The van der Waals surface area contributed by atoms with Gasteiger partial charge >= 0.3 is 5.97 Å². The molecule has 6 nitrogen and oxygen atoms in total. The molecule has 0 bridgehead atoms. The number of anilines is 1. The molecule has 0 saturated carbocycles. The Hall–Kier alpha value is -1.89. The smallest absolute Gasteiger partial charge is 0.305 e. The number of carboxylic acids is 1. The third-order valence-corrected chi connectivity index (χ3v) is 3.42. The molecule has 7 heteroatoms. The summed E-state index contributed by atoms with van der Waals surface area (Å²) < 4.78 is 0. The van der Waals surface area contributed by atoms with Crippen molar-refractivity contribution in [3.05, 3.63) is 16.5 Å². The van der Waals surface area contributed by atoms with Crippen molar-refractivity contribution < 1.29 is 19.5 Å². The molecule has 0 aromatic carbocycles. The van der Waals surface area contributed by atoms with E-state index in [1.807, 2.05) is 13.8 Å². The SMILES string of the molecule is CCCC(=O)Nc1sc(C)cc1C(=O)NCCC(=O)O. The van der Waals surface area contributed by atoms with E-state index in [9.17, 15) is 14.4 Å². The van der Waals surface area contributed by atoms with Crippen molar-refractivity contribution >= 4 is 34.1 Å². The first kappa shape index (κ1) is 16.2. The minimum Gasteiger partial charge on any atom is -0.481 e. The summed E-state index contributed by atoms with van der Waals surface area (Å²) in [5.41, 5.74) is 0.377. The van der Waals surface area contributed by atoms with Crippen LogP contribution < -0.4 is 10.6 Å². The van der Waals surface area contributed by atoms with Crippen LogP contribution in [0.15, 0.2) is 6.07 Å². The maximum Gasteiger partial charge on any atom is 0.305 e. The number of hydrogen-bond donors (Lipinski definition) is 3. The van der Waals surface area contributed by atoms with Gasteiger partial charge in [0.25, 0.3) is 5.91 Å². The lowest BCUT2D eigenvalue weighted by Crippen LogP contribution is -2.26. The van der Waals surface area contributed by atoms with Crippen molar-refractivity contribution in [2.24, 2.45) is 0 Å². The van der Waals surface area contributed by atoms with Gasteiger partial charge in [-0.2, -0.15) is 0 Å². The molecule has 1 aromatic rings. The van der Waals surface area contributed by atoms with E-state index in [4.69, 9.17) is 5.11 Å². The van der Waals surface area contributed by atoms with Crippen LogP contribution in [-0.2, 0) is 9.59 Å². The van der Waals surface area contributed by atoms with Gasteiger partial charge in [0, 0.05) is 17.8 Å². The van der Waals surface area contributed by atoms with E-state index in [0.29, 0.717) is 17.0 Å². The summed E-state index contributed by atoms with van der Waals surface area (Å²) in [5, 5.41) is 14.3. The Morgan fingerprint density at radius 3 is 2.60 bits per heavy atom. The van der Waals surface area contributed by atoms with Gasteiger partial charge in [0.05, 0.1) is 12.0 Å². The van der Waals surface area contributed by atoms with Crippen molar-refractivity contribution in [2.45, 2.75) is 33.1 Å². The van der Waals surface area contributed by atoms with Crippen LogP contribution in [-0.4, -0.2) is 29.4 Å². The van der Waals surface area contributed by atoms with Crippen LogP contribution in [0, 0.1) is 6.92 Å².